The predicted octanol–water partition coefficient (Wildman–Crippen LogP) is 2.76. The van der Waals surface area contributed by atoms with Gasteiger partial charge in [-0.1, -0.05) is 19.1 Å². The van der Waals surface area contributed by atoms with E-state index in [1.165, 1.54) is 12.3 Å². The summed E-state index contributed by atoms with van der Waals surface area (Å²) in [6.45, 7) is 3.50. The highest BCUT2D eigenvalue weighted by Crippen LogP contribution is 2.40. The fraction of sp³-hybridized carbons (Fsp3) is 0.500. The van der Waals surface area contributed by atoms with E-state index in [1.54, 1.807) is 31.1 Å². The zero-order chi connectivity index (χ0) is 20.5. The predicted molar refractivity (Wildman–Crippen MR) is 102 cm³/mol. The van der Waals surface area contributed by atoms with Crippen LogP contribution < -0.4 is 10.6 Å². The lowest BCUT2D eigenvalue weighted by Gasteiger charge is -2.42. The third kappa shape index (κ3) is 4.12. The quantitative estimate of drug-likeness (QED) is 0.837. The van der Waals surface area contributed by atoms with Gasteiger partial charge in [0.15, 0.2) is 0 Å². The number of pyridine rings is 1. The summed E-state index contributed by atoms with van der Waals surface area (Å²) in [5, 5.41) is 6.85. The molecule has 1 saturated heterocycles. The summed E-state index contributed by atoms with van der Waals surface area (Å²) in [4.78, 5) is 18.4. The number of amides is 1. The highest BCUT2D eigenvalue weighted by molar-refractivity contribution is 5.88. The maximum absolute atomic E-state index is 13.5. The molecule has 1 aromatic heterocycles. The van der Waals surface area contributed by atoms with Gasteiger partial charge in [-0.3, -0.25) is 9.78 Å². The van der Waals surface area contributed by atoms with E-state index in [1.807, 2.05) is 0 Å². The highest BCUT2D eigenvalue weighted by Gasteiger charge is 2.41. The van der Waals surface area contributed by atoms with Gasteiger partial charge in [0, 0.05) is 18.1 Å². The summed E-state index contributed by atoms with van der Waals surface area (Å²) in [6.07, 6.45) is -2.50. The lowest BCUT2D eigenvalue weighted by atomic mass is 9.77. The van der Waals surface area contributed by atoms with Crippen molar-refractivity contribution in [2.45, 2.75) is 25.1 Å². The lowest BCUT2D eigenvalue weighted by molar-refractivity contribution is -0.136. The number of benzene rings is 1. The van der Waals surface area contributed by atoms with Crippen molar-refractivity contribution in [1.82, 2.24) is 20.5 Å². The molecule has 2 N–H and O–H groups in total. The summed E-state index contributed by atoms with van der Waals surface area (Å²) in [6, 6.07) is 5.83. The topological polar surface area (TPSA) is 57.3 Å². The standard InChI is InChI=1S/C20H25F3N4O/c1-13-9-19(12-24-10-13,26-17(28)11-27(2)3)15-6-7-16(20(21,22)23)18-14(15)5-4-8-25-18/h4-8,13,24H,9-12H2,1-3H3,(H,26,28)/t13-,19-/m0/s1. The van der Waals surface area contributed by atoms with Crippen LogP contribution in [0.5, 0.6) is 0 Å². The fourth-order valence-electron chi connectivity index (χ4n) is 4.05. The Hall–Kier alpha value is -2.19. The summed E-state index contributed by atoms with van der Waals surface area (Å²) in [5.41, 5.74) is -0.990. The van der Waals surface area contributed by atoms with Crippen LogP contribution in [0.15, 0.2) is 30.5 Å². The largest absolute Gasteiger partial charge is 0.418 e. The number of hydrogen-bond donors (Lipinski definition) is 2. The first-order chi connectivity index (χ1) is 13.1. The molecule has 8 heteroatoms. The Morgan fingerprint density at radius 2 is 2.11 bits per heavy atom. The van der Waals surface area contributed by atoms with Crippen LogP contribution in [0, 0.1) is 5.92 Å². The minimum atomic E-state index is -4.50. The first-order valence-electron chi connectivity index (χ1n) is 9.24. The highest BCUT2D eigenvalue weighted by atomic mass is 19.4. The number of aromatic nitrogens is 1. The molecule has 0 bridgehead atoms. The van der Waals surface area contributed by atoms with Gasteiger partial charge in [0.05, 0.1) is 23.2 Å². The Morgan fingerprint density at radius 1 is 1.36 bits per heavy atom. The van der Waals surface area contributed by atoms with E-state index >= 15 is 0 Å². The van der Waals surface area contributed by atoms with Gasteiger partial charge in [-0.2, -0.15) is 13.2 Å². The molecule has 2 atom stereocenters. The molecular formula is C20H25F3N4O. The van der Waals surface area contributed by atoms with E-state index in [0.29, 0.717) is 23.9 Å². The molecule has 1 fully saturated rings. The van der Waals surface area contributed by atoms with Gasteiger partial charge in [-0.15, -0.1) is 0 Å². The summed E-state index contributed by atoms with van der Waals surface area (Å²) >= 11 is 0. The smallest absolute Gasteiger partial charge is 0.344 e. The number of carbonyl (C=O) groups excluding carboxylic acids is 1. The normalized spacial score (nSPS) is 23.2. The van der Waals surface area contributed by atoms with E-state index in [0.717, 1.165) is 12.6 Å². The molecule has 0 saturated carbocycles. The van der Waals surface area contributed by atoms with Crippen LogP contribution in [0.1, 0.15) is 24.5 Å². The Morgan fingerprint density at radius 3 is 2.75 bits per heavy atom. The average Bonchev–Trinajstić information content (AvgIpc) is 2.59. The van der Waals surface area contributed by atoms with Crippen molar-refractivity contribution < 1.29 is 18.0 Å². The van der Waals surface area contributed by atoms with Crippen molar-refractivity contribution in [2.75, 3.05) is 33.7 Å². The van der Waals surface area contributed by atoms with E-state index in [-0.39, 0.29) is 23.9 Å². The molecule has 0 radical (unpaired) electrons. The monoisotopic (exact) mass is 394 g/mol. The third-order valence-corrected chi connectivity index (χ3v) is 5.05. The van der Waals surface area contributed by atoms with Crippen LogP contribution in [-0.2, 0) is 16.5 Å². The molecular weight excluding hydrogens is 369 g/mol. The van der Waals surface area contributed by atoms with Crippen molar-refractivity contribution in [3.63, 3.8) is 0 Å². The summed E-state index contributed by atoms with van der Waals surface area (Å²) in [7, 11) is 3.59. The van der Waals surface area contributed by atoms with Crippen molar-refractivity contribution in [1.29, 1.82) is 0 Å². The number of fused-ring (bicyclic) bond motifs is 1. The third-order valence-electron chi connectivity index (χ3n) is 5.05. The van der Waals surface area contributed by atoms with E-state index in [9.17, 15) is 18.0 Å². The number of likely N-dealkylation sites (N-methyl/N-ethyl adjacent to an activating group) is 1. The van der Waals surface area contributed by atoms with Gasteiger partial charge >= 0.3 is 6.18 Å². The van der Waals surface area contributed by atoms with Crippen molar-refractivity contribution in [2.24, 2.45) is 5.92 Å². The van der Waals surface area contributed by atoms with Crippen molar-refractivity contribution in [3.8, 4) is 0 Å². The van der Waals surface area contributed by atoms with Gasteiger partial charge in [-0.25, -0.2) is 0 Å². The Balaban J connectivity index is 2.15. The number of halogens is 3. The Bertz CT molecular complexity index is 868. The second-order valence-corrected chi connectivity index (χ2v) is 7.87. The van der Waals surface area contributed by atoms with Gasteiger partial charge < -0.3 is 15.5 Å². The molecule has 2 aromatic rings. The first-order valence-corrected chi connectivity index (χ1v) is 9.24. The summed E-state index contributed by atoms with van der Waals surface area (Å²) in [5.74, 6) is 0.0836. The van der Waals surface area contributed by atoms with E-state index in [2.05, 4.69) is 22.5 Å². The zero-order valence-corrected chi connectivity index (χ0v) is 16.2. The molecule has 2 heterocycles. The van der Waals surface area contributed by atoms with Crippen LogP contribution in [-0.4, -0.2) is 49.5 Å². The van der Waals surface area contributed by atoms with E-state index in [4.69, 9.17) is 0 Å². The SMILES string of the molecule is C[C@@H]1CNC[C@](NC(=O)CN(C)C)(c2ccc(C(F)(F)F)c3ncccc23)C1. The molecule has 1 amide bonds. The van der Waals surface area contributed by atoms with E-state index < -0.39 is 17.3 Å². The van der Waals surface area contributed by atoms with Crippen LogP contribution in [0.2, 0.25) is 0 Å². The van der Waals surface area contributed by atoms with Crippen LogP contribution in [0.25, 0.3) is 10.9 Å². The molecule has 1 aliphatic heterocycles. The molecule has 1 aliphatic rings. The minimum Gasteiger partial charge on any atom is -0.344 e. The fourth-order valence-corrected chi connectivity index (χ4v) is 4.05. The number of alkyl halides is 3. The number of piperidine rings is 1. The number of rotatable bonds is 4. The zero-order valence-electron chi connectivity index (χ0n) is 16.2. The van der Waals surface area contributed by atoms with Crippen LogP contribution >= 0.6 is 0 Å². The maximum atomic E-state index is 13.5. The average molecular weight is 394 g/mol. The second kappa shape index (κ2) is 7.67. The van der Waals surface area contributed by atoms with Gasteiger partial charge in [0.25, 0.3) is 0 Å². The number of nitrogens with one attached hydrogen (secondary N) is 2. The molecule has 5 nitrogen and oxygen atoms in total. The number of carbonyl (C=O) groups is 1. The van der Waals surface area contributed by atoms with Gasteiger partial charge in [-0.05, 0) is 50.7 Å². The number of hydrogen-bond acceptors (Lipinski definition) is 4. The minimum absolute atomic E-state index is 0.0908. The Kier molecular flexibility index (Phi) is 5.63. The second-order valence-electron chi connectivity index (χ2n) is 7.87. The Labute approximate surface area is 162 Å². The summed E-state index contributed by atoms with van der Waals surface area (Å²) < 4.78 is 40.4. The van der Waals surface area contributed by atoms with Crippen molar-refractivity contribution >= 4 is 16.8 Å². The van der Waals surface area contributed by atoms with Gasteiger partial charge in [0.2, 0.25) is 5.91 Å². The van der Waals surface area contributed by atoms with Crippen LogP contribution in [0.4, 0.5) is 13.2 Å². The lowest BCUT2D eigenvalue weighted by Crippen LogP contribution is -2.58. The number of nitrogens with zero attached hydrogens (tertiary/aromatic N) is 2. The molecule has 152 valence electrons. The molecule has 1 aromatic carbocycles. The molecule has 0 aliphatic carbocycles. The molecule has 0 spiro atoms. The maximum Gasteiger partial charge on any atom is 0.418 e. The first kappa shape index (κ1) is 20.5. The van der Waals surface area contributed by atoms with Crippen molar-refractivity contribution in [3.05, 3.63) is 41.6 Å². The van der Waals surface area contributed by atoms with Gasteiger partial charge in [0.1, 0.15) is 0 Å². The molecule has 3 rings (SSSR count). The molecule has 0 unspecified atom stereocenters. The molecule has 28 heavy (non-hydrogen) atoms. The van der Waals surface area contributed by atoms with Crippen LogP contribution in [0.3, 0.4) is 0 Å².